The Morgan fingerprint density at radius 3 is 3.12 bits per heavy atom. The van der Waals surface area contributed by atoms with Gasteiger partial charge in [-0.3, -0.25) is 0 Å². The monoisotopic (exact) mass is 238 g/mol. The van der Waals surface area contributed by atoms with Crippen molar-refractivity contribution in [1.82, 2.24) is 10.2 Å². The van der Waals surface area contributed by atoms with Crippen molar-refractivity contribution in [3.63, 3.8) is 0 Å². The van der Waals surface area contributed by atoms with Crippen LogP contribution in [0.2, 0.25) is 5.02 Å². The van der Waals surface area contributed by atoms with Crippen molar-refractivity contribution < 1.29 is 0 Å². The van der Waals surface area contributed by atoms with E-state index in [9.17, 15) is 0 Å². The van der Waals surface area contributed by atoms with Gasteiger partial charge in [-0.2, -0.15) is 0 Å². The Morgan fingerprint density at radius 2 is 2.38 bits per heavy atom. The van der Waals surface area contributed by atoms with Crippen LogP contribution in [0.15, 0.2) is 24.3 Å². The molecule has 1 aliphatic rings. The Bertz CT molecular complexity index is 340. The third-order valence-corrected chi connectivity index (χ3v) is 3.34. The maximum absolute atomic E-state index is 5.95. The summed E-state index contributed by atoms with van der Waals surface area (Å²) < 4.78 is 0. The average molecular weight is 239 g/mol. The number of likely N-dealkylation sites (N-methyl/N-ethyl adjacent to an activating group) is 1. The number of rotatable bonds is 3. The summed E-state index contributed by atoms with van der Waals surface area (Å²) in [5.41, 5.74) is 1.26. The molecule has 1 fully saturated rings. The van der Waals surface area contributed by atoms with E-state index in [0.717, 1.165) is 18.1 Å². The molecule has 0 aromatic heterocycles. The van der Waals surface area contributed by atoms with E-state index in [-0.39, 0.29) is 0 Å². The Balaban J connectivity index is 1.82. The van der Waals surface area contributed by atoms with Crippen molar-refractivity contribution in [2.24, 2.45) is 0 Å². The number of hydrogen-bond acceptors (Lipinski definition) is 2. The van der Waals surface area contributed by atoms with Crippen LogP contribution < -0.4 is 5.32 Å². The Kier molecular flexibility index (Phi) is 4.22. The van der Waals surface area contributed by atoms with Gasteiger partial charge in [-0.1, -0.05) is 23.7 Å². The Hall–Kier alpha value is -0.570. The van der Waals surface area contributed by atoms with Gasteiger partial charge in [0.1, 0.15) is 0 Å². The summed E-state index contributed by atoms with van der Waals surface area (Å²) in [7, 11) is 2.19. The summed E-state index contributed by atoms with van der Waals surface area (Å²) in [6, 6.07) is 8.69. The molecule has 1 unspecified atom stereocenters. The lowest BCUT2D eigenvalue weighted by molar-refractivity contribution is 0.226. The first-order valence-corrected chi connectivity index (χ1v) is 6.28. The molecule has 1 aromatic rings. The van der Waals surface area contributed by atoms with Crippen molar-refractivity contribution in [3.05, 3.63) is 34.9 Å². The predicted molar refractivity (Wildman–Crippen MR) is 68.8 cm³/mol. The molecule has 2 rings (SSSR count). The van der Waals surface area contributed by atoms with E-state index < -0.39 is 0 Å². The zero-order valence-corrected chi connectivity index (χ0v) is 10.5. The first kappa shape index (κ1) is 11.9. The number of likely N-dealkylation sites (tertiary alicyclic amines) is 1. The van der Waals surface area contributed by atoms with E-state index in [1.807, 2.05) is 18.2 Å². The maximum atomic E-state index is 5.95. The van der Waals surface area contributed by atoms with Crippen LogP contribution in [0.25, 0.3) is 0 Å². The summed E-state index contributed by atoms with van der Waals surface area (Å²) >= 11 is 5.95. The lowest BCUT2D eigenvalue weighted by Gasteiger charge is -2.30. The van der Waals surface area contributed by atoms with E-state index in [0.29, 0.717) is 6.04 Å². The number of nitrogens with one attached hydrogen (secondary N) is 1. The van der Waals surface area contributed by atoms with Crippen LogP contribution in [-0.4, -0.2) is 31.1 Å². The third kappa shape index (κ3) is 3.48. The molecule has 88 valence electrons. The second-order valence-electron chi connectivity index (χ2n) is 4.61. The van der Waals surface area contributed by atoms with Gasteiger partial charge in [0.15, 0.2) is 0 Å². The summed E-state index contributed by atoms with van der Waals surface area (Å²) in [5.74, 6) is 0. The van der Waals surface area contributed by atoms with Gasteiger partial charge < -0.3 is 10.2 Å². The molecule has 0 radical (unpaired) electrons. The molecule has 0 amide bonds. The summed E-state index contributed by atoms with van der Waals surface area (Å²) in [5, 5.41) is 4.41. The third-order valence-electron chi connectivity index (χ3n) is 3.11. The number of piperidine rings is 1. The van der Waals surface area contributed by atoms with Crippen LogP contribution in [-0.2, 0) is 6.54 Å². The van der Waals surface area contributed by atoms with Crippen molar-refractivity contribution >= 4 is 11.6 Å². The van der Waals surface area contributed by atoms with Crippen LogP contribution in [0, 0.1) is 0 Å². The zero-order chi connectivity index (χ0) is 11.4. The number of nitrogens with zero attached hydrogens (tertiary/aromatic N) is 1. The number of benzene rings is 1. The molecule has 1 atom stereocenters. The normalized spacial score (nSPS) is 22.2. The minimum atomic E-state index is 0.623. The number of hydrogen-bond donors (Lipinski definition) is 1. The maximum Gasteiger partial charge on any atom is 0.0409 e. The molecule has 16 heavy (non-hydrogen) atoms. The van der Waals surface area contributed by atoms with Gasteiger partial charge in [0.25, 0.3) is 0 Å². The van der Waals surface area contributed by atoms with Crippen LogP contribution in [0.5, 0.6) is 0 Å². The minimum absolute atomic E-state index is 0.623. The fraction of sp³-hybridized carbons (Fsp3) is 0.538. The number of halogens is 1. The van der Waals surface area contributed by atoms with E-state index in [1.54, 1.807) is 0 Å². The lowest BCUT2D eigenvalue weighted by Crippen LogP contribution is -2.43. The molecular weight excluding hydrogens is 220 g/mol. The molecule has 0 spiro atoms. The van der Waals surface area contributed by atoms with Gasteiger partial charge >= 0.3 is 0 Å². The molecule has 0 saturated carbocycles. The standard InChI is InChI=1S/C13H19ClN2/c1-16-7-3-6-13(10-16)15-9-11-4-2-5-12(14)8-11/h2,4-5,8,13,15H,3,6-7,9-10H2,1H3. The van der Waals surface area contributed by atoms with Crippen molar-refractivity contribution in [1.29, 1.82) is 0 Å². The highest BCUT2D eigenvalue weighted by Crippen LogP contribution is 2.12. The minimum Gasteiger partial charge on any atom is -0.309 e. The Labute approximate surface area is 103 Å². The molecule has 1 saturated heterocycles. The van der Waals surface area contributed by atoms with E-state index in [4.69, 9.17) is 11.6 Å². The van der Waals surface area contributed by atoms with Gasteiger partial charge in [-0.05, 0) is 44.1 Å². The van der Waals surface area contributed by atoms with Crippen molar-refractivity contribution in [2.45, 2.75) is 25.4 Å². The SMILES string of the molecule is CN1CCCC(NCc2cccc(Cl)c2)C1. The van der Waals surface area contributed by atoms with Crippen LogP contribution in [0.1, 0.15) is 18.4 Å². The zero-order valence-electron chi connectivity index (χ0n) is 9.75. The molecule has 3 heteroatoms. The molecule has 1 aromatic carbocycles. The van der Waals surface area contributed by atoms with Crippen molar-refractivity contribution in [2.75, 3.05) is 20.1 Å². The van der Waals surface area contributed by atoms with E-state index in [1.165, 1.54) is 24.9 Å². The topological polar surface area (TPSA) is 15.3 Å². The van der Waals surface area contributed by atoms with Gasteiger partial charge in [-0.25, -0.2) is 0 Å². The molecule has 0 aliphatic carbocycles. The van der Waals surface area contributed by atoms with Crippen molar-refractivity contribution in [3.8, 4) is 0 Å². The highest BCUT2D eigenvalue weighted by Gasteiger charge is 2.15. The van der Waals surface area contributed by atoms with Gasteiger partial charge in [0, 0.05) is 24.2 Å². The average Bonchev–Trinajstić information content (AvgIpc) is 2.27. The quantitative estimate of drug-likeness (QED) is 0.871. The predicted octanol–water partition coefficient (Wildman–Crippen LogP) is 2.52. The summed E-state index contributed by atoms with van der Waals surface area (Å²) in [4.78, 5) is 2.39. The second kappa shape index (κ2) is 5.67. The molecule has 0 bridgehead atoms. The molecule has 1 aliphatic heterocycles. The van der Waals surface area contributed by atoms with Gasteiger partial charge in [0.05, 0.1) is 0 Å². The van der Waals surface area contributed by atoms with Crippen LogP contribution >= 0.6 is 11.6 Å². The fourth-order valence-corrected chi connectivity index (χ4v) is 2.46. The molecule has 1 heterocycles. The molecule has 1 N–H and O–H groups in total. The van der Waals surface area contributed by atoms with Crippen LogP contribution in [0.4, 0.5) is 0 Å². The second-order valence-corrected chi connectivity index (χ2v) is 5.05. The van der Waals surface area contributed by atoms with Gasteiger partial charge in [0.2, 0.25) is 0 Å². The van der Waals surface area contributed by atoms with Gasteiger partial charge in [-0.15, -0.1) is 0 Å². The van der Waals surface area contributed by atoms with E-state index >= 15 is 0 Å². The largest absolute Gasteiger partial charge is 0.309 e. The smallest absolute Gasteiger partial charge is 0.0409 e. The van der Waals surface area contributed by atoms with Crippen LogP contribution in [0.3, 0.4) is 0 Å². The van der Waals surface area contributed by atoms with E-state index in [2.05, 4.69) is 23.3 Å². The lowest BCUT2D eigenvalue weighted by atomic mass is 10.1. The highest BCUT2D eigenvalue weighted by molar-refractivity contribution is 6.30. The highest BCUT2D eigenvalue weighted by atomic mass is 35.5. The first-order valence-electron chi connectivity index (χ1n) is 5.90. The fourth-order valence-electron chi connectivity index (χ4n) is 2.24. The molecule has 2 nitrogen and oxygen atoms in total. The molecular formula is C13H19ClN2. The summed E-state index contributed by atoms with van der Waals surface area (Å²) in [6.07, 6.45) is 2.58. The first-order chi connectivity index (χ1) is 7.74. The Morgan fingerprint density at radius 1 is 1.50 bits per heavy atom. The summed E-state index contributed by atoms with van der Waals surface area (Å²) in [6.45, 7) is 3.30.